The third-order valence-electron chi connectivity index (χ3n) is 4.14. The summed E-state index contributed by atoms with van der Waals surface area (Å²) in [4.78, 5) is 16.8. The van der Waals surface area contributed by atoms with E-state index in [1.807, 2.05) is 0 Å². The van der Waals surface area contributed by atoms with Crippen LogP contribution in [0.3, 0.4) is 0 Å². The first-order valence-corrected chi connectivity index (χ1v) is 8.35. The van der Waals surface area contributed by atoms with Crippen molar-refractivity contribution in [3.05, 3.63) is 24.3 Å². The molecule has 6 nitrogen and oxygen atoms in total. The highest BCUT2D eigenvalue weighted by Crippen LogP contribution is 2.25. The second-order valence-corrected chi connectivity index (χ2v) is 6.38. The van der Waals surface area contributed by atoms with Crippen LogP contribution in [0.5, 0.6) is 0 Å². The number of nitrogens with one attached hydrogen (secondary N) is 1. The van der Waals surface area contributed by atoms with Crippen LogP contribution in [0.2, 0.25) is 0 Å². The van der Waals surface area contributed by atoms with Crippen molar-refractivity contribution in [3.63, 3.8) is 0 Å². The highest BCUT2D eigenvalue weighted by Gasteiger charge is 2.36. The zero-order valence-corrected chi connectivity index (χ0v) is 12.6. The molecule has 0 saturated carbocycles. The number of benzene rings is 1. The maximum Gasteiger partial charge on any atom is 0.244 e. The number of carbonyl (C=O) groups excluding carboxylic acids is 1. The SMILES string of the molecule is O=C1[C@@H](N2CCNCC2)CCN1c1ccc([SH](=O)=O)cc1. The first-order chi connectivity index (χ1) is 10.2. The molecule has 2 aliphatic rings. The van der Waals surface area contributed by atoms with Gasteiger partial charge in [-0.05, 0) is 30.7 Å². The van der Waals surface area contributed by atoms with E-state index >= 15 is 0 Å². The number of anilines is 1. The molecule has 1 aromatic rings. The fourth-order valence-corrected chi connectivity index (χ4v) is 3.40. The van der Waals surface area contributed by atoms with Gasteiger partial charge in [-0.25, -0.2) is 8.42 Å². The molecule has 2 aliphatic heterocycles. The Morgan fingerprint density at radius 3 is 2.33 bits per heavy atom. The van der Waals surface area contributed by atoms with Crippen LogP contribution in [-0.4, -0.2) is 58.0 Å². The molecule has 21 heavy (non-hydrogen) atoms. The average molecular weight is 309 g/mol. The Bertz CT molecular complexity index is 586. The Balaban J connectivity index is 1.73. The summed E-state index contributed by atoms with van der Waals surface area (Å²) in [7, 11) is -2.57. The minimum atomic E-state index is -2.57. The Labute approximate surface area is 125 Å². The second kappa shape index (κ2) is 6.13. The summed E-state index contributed by atoms with van der Waals surface area (Å²) in [5.41, 5.74) is 0.776. The Kier molecular flexibility index (Phi) is 4.23. The van der Waals surface area contributed by atoms with Gasteiger partial charge >= 0.3 is 0 Å². The molecule has 2 fully saturated rings. The highest BCUT2D eigenvalue weighted by atomic mass is 32.2. The molecule has 1 aromatic carbocycles. The first kappa shape index (κ1) is 14.5. The van der Waals surface area contributed by atoms with E-state index in [0.29, 0.717) is 6.54 Å². The maximum absolute atomic E-state index is 12.6. The van der Waals surface area contributed by atoms with Crippen LogP contribution in [0, 0.1) is 0 Å². The lowest BCUT2D eigenvalue weighted by molar-refractivity contribution is -0.121. The third-order valence-corrected chi connectivity index (χ3v) is 4.86. The van der Waals surface area contributed by atoms with E-state index in [9.17, 15) is 13.2 Å². The summed E-state index contributed by atoms with van der Waals surface area (Å²) < 4.78 is 21.8. The molecule has 1 N–H and O–H groups in total. The molecular formula is C14H19N3O3S. The minimum Gasteiger partial charge on any atom is -0.314 e. The lowest BCUT2D eigenvalue weighted by atomic mass is 10.2. The Hall–Kier alpha value is -1.44. The maximum atomic E-state index is 12.6. The normalized spacial score (nSPS) is 24.0. The van der Waals surface area contributed by atoms with Gasteiger partial charge in [0.1, 0.15) is 0 Å². The van der Waals surface area contributed by atoms with E-state index in [1.165, 1.54) is 0 Å². The molecular weight excluding hydrogens is 290 g/mol. The van der Waals surface area contributed by atoms with Gasteiger partial charge in [0.05, 0.1) is 10.9 Å². The predicted octanol–water partition coefficient (Wildman–Crippen LogP) is -0.333. The molecule has 3 rings (SSSR count). The number of piperazine rings is 1. The van der Waals surface area contributed by atoms with E-state index in [4.69, 9.17) is 0 Å². The Morgan fingerprint density at radius 2 is 1.71 bits per heavy atom. The number of amides is 1. The van der Waals surface area contributed by atoms with Gasteiger partial charge in [0.25, 0.3) is 0 Å². The topological polar surface area (TPSA) is 69.7 Å². The number of carbonyl (C=O) groups is 1. The summed E-state index contributed by atoms with van der Waals surface area (Å²) in [5.74, 6) is 0.121. The van der Waals surface area contributed by atoms with E-state index in [-0.39, 0.29) is 16.8 Å². The van der Waals surface area contributed by atoms with Gasteiger partial charge in [0, 0.05) is 38.4 Å². The van der Waals surface area contributed by atoms with Crippen molar-refractivity contribution in [1.82, 2.24) is 10.2 Å². The molecule has 0 radical (unpaired) electrons. The standard InChI is InChI=1S/C14H19N3O3S/c18-14-13(16-9-6-15-7-10-16)5-8-17(14)11-1-3-12(4-2-11)21(19)20/h1-4,13,15,21H,5-10H2/t13-/m0/s1. The van der Waals surface area contributed by atoms with Crippen LogP contribution in [0.4, 0.5) is 5.69 Å². The fourth-order valence-electron chi connectivity index (χ4n) is 3.01. The zero-order chi connectivity index (χ0) is 14.8. The summed E-state index contributed by atoms with van der Waals surface area (Å²) in [6.07, 6.45) is 0.830. The summed E-state index contributed by atoms with van der Waals surface area (Å²) in [5, 5.41) is 3.29. The Morgan fingerprint density at radius 1 is 1.05 bits per heavy atom. The predicted molar refractivity (Wildman–Crippen MR) is 80.2 cm³/mol. The quantitative estimate of drug-likeness (QED) is 0.748. The first-order valence-electron chi connectivity index (χ1n) is 7.17. The summed E-state index contributed by atoms with van der Waals surface area (Å²) in [6.45, 7) is 4.35. The van der Waals surface area contributed by atoms with E-state index in [2.05, 4.69) is 10.2 Å². The van der Waals surface area contributed by atoms with Crippen LogP contribution < -0.4 is 10.2 Å². The number of rotatable bonds is 3. The van der Waals surface area contributed by atoms with Gasteiger partial charge in [-0.1, -0.05) is 0 Å². The summed E-state index contributed by atoms with van der Waals surface area (Å²) in [6, 6.07) is 6.47. The van der Waals surface area contributed by atoms with Crippen molar-refractivity contribution in [2.45, 2.75) is 17.4 Å². The van der Waals surface area contributed by atoms with Gasteiger partial charge in [-0.15, -0.1) is 0 Å². The van der Waals surface area contributed by atoms with Crippen molar-refractivity contribution in [3.8, 4) is 0 Å². The number of hydrogen-bond donors (Lipinski definition) is 2. The van der Waals surface area contributed by atoms with E-state index in [0.717, 1.165) is 38.3 Å². The van der Waals surface area contributed by atoms with Crippen LogP contribution in [0.15, 0.2) is 29.2 Å². The molecule has 2 saturated heterocycles. The molecule has 0 bridgehead atoms. The van der Waals surface area contributed by atoms with Crippen molar-refractivity contribution < 1.29 is 13.2 Å². The van der Waals surface area contributed by atoms with Crippen molar-refractivity contribution in [2.75, 3.05) is 37.6 Å². The lowest BCUT2D eigenvalue weighted by Gasteiger charge is -2.31. The monoisotopic (exact) mass is 309 g/mol. The van der Waals surface area contributed by atoms with Crippen LogP contribution in [-0.2, 0) is 15.5 Å². The lowest BCUT2D eigenvalue weighted by Crippen LogP contribution is -2.51. The van der Waals surface area contributed by atoms with Crippen molar-refractivity contribution in [2.24, 2.45) is 0 Å². The average Bonchev–Trinajstić information content (AvgIpc) is 2.90. The van der Waals surface area contributed by atoms with Crippen LogP contribution >= 0.6 is 0 Å². The molecule has 7 heteroatoms. The fraction of sp³-hybridized carbons (Fsp3) is 0.500. The number of nitrogens with zero attached hydrogens (tertiary/aromatic N) is 2. The van der Waals surface area contributed by atoms with Gasteiger partial charge in [0.2, 0.25) is 5.91 Å². The molecule has 0 aliphatic carbocycles. The molecule has 1 atom stereocenters. The third kappa shape index (κ3) is 2.95. The van der Waals surface area contributed by atoms with Gasteiger partial charge < -0.3 is 10.2 Å². The minimum absolute atomic E-state index is 0.0390. The van der Waals surface area contributed by atoms with E-state index < -0.39 is 10.7 Å². The molecule has 1 amide bonds. The van der Waals surface area contributed by atoms with Gasteiger partial charge in [-0.2, -0.15) is 0 Å². The number of thiol groups is 1. The largest absolute Gasteiger partial charge is 0.314 e. The second-order valence-electron chi connectivity index (χ2n) is 5.35. The van der Waals surface area contributed by atoms with Crippen LogP contribution in [0.1, 0.15) is 6.42 Å². The zero-order valence-electron chi connectivity index (χ0n) is 11.7. The van der Waals surface area contributed by atoms with Gasteiger partial charge in [-0.3, -0.25) is 9.69 Å². The smallest absolute Gasteiger partial charge is 0.244 e. The highest BCUT2D eigenvalue weighted by molar-refractivity contribution is 7.72. The van der Waals surface area contributed by atoms with Gasteiger partial charge in [0.15, 0.2) is 10.7 Å². The molecule has 2 heterocycles. The van der Waals surface area contributed by atoms with Crippen molar-refractivity contribution in [1.29, 1.82) is 0 Å². The van der Waals surface area contributed by atoms with E-state index in [1.54, 1.807) is 29.2 Å². The molecule has 114 valence electrons. The molecule has 0 aromatic heterocycles. The number of hydrogen-bond acceptors (Lipinski definition) is 5. The van der Waals surface area contributed by atoms with Crippen LogP contribution in [0.25, 0.3) is 0 Å². The summed E-state index contributed by atoms with van der Waals surface area (Å²) >= 11 is 0. The molecule has 0 unspecified atom stereocenters. The molecule has 0 spiro atoms. The van der Waals surface area contributed by atoms with Crippen molar-refractivity contribution >= 4 is 22.3 Å².